The van der Waals surface area contributed by atoms with E-state index in [1.165, 1.54) is 58.8 Å². The summed E-state index contributed by atoms with van der Waals surface area (Å²) in [5, 5.41) is 3.68. The number of rotatable bonds is 10. The number of methoxy groups -OCH3 is 2. The molecule has 4 N–H and O–H groups in total. The molecule has 59 heavy (non-hydrogen) atoms. The van der Waals surface area contributed by atoms with E-state index in [4.69, 9.17) is 19.5 Å². The van der Waals surface area contributed by atoms with E-state index in [1.54, 1.807) is 0 Å². The average molecular weight is 799 g/mol. The van der Waals surface area contributed by atoms with Crippen LogP contribution in [0.2, 0.25) is 0 Å². The smallest absolute Gasteiger partial charge is 0.305 e. The average Bonchev–Trinajstić information content (AvgIpc) is 4.03. The number of carbonyl (C=O) groups excluding carboxylic acids is 2. The molecule has 4 aromatic heterocycles. The minimum absolute atomic E-state index is 0. The molecule has 0 atom stereocenters. The summed E-state index contributed by atoms with van der Waals surface area (Å²) < 4.78 is 10.2. The lowest BCUT2D eigenvalue weighted by Gasteiger charge is -2.07. The molecule has 12 bridgehead atoms. The van der Waals surface area contributed by atoms with Crippen LogP contribution < -0.4 is 10.7 Å². The number of esters is 2. The second kappa shape index (κ2) is 16.9. The van der Waals surface area contributed by atoms with Crippen LogP contribution in [0.25, 0.3) is 12.2 Å². The summed E-state index contributed by atoms with van der Waals surface area (Å²) in [6.45, 7) is 21.8. The molecular weight excluding hydrogens is 737 g/mol. The van der Waals surface area contributed by atoms with E-state index in [1.807, 2.05) is 0 Å². The van der Waals surface area contributed by atoms with Crippen molar-refractivity contribution < 1.29 is 19.1 Å². The lowest BCUT2D eigenvalue weighted by molar-refractivity contribution is -0.141. The number of ether oxygens (including phenoxy) is 2. The van der Waals surface area contributed by atoms with Gasteiger partial charge in [0.05, 0.1) is 59.1 Å². The van der Waals surface area contributed by atoms with E-state index >= 15 is 0 Å². The fourth-order valence-corrected chi connectivity index (χ4v) is 9.45. The van der Waals surface area contributed by atoms with Crippen molar-refractivity contribution in [1.82, 2.24) is 19.9 Å². The third-order valence-corrected chi connectivity index (χ3v) is 12.8. The highest BCUT2D eigenvalue weighted by molar-refractivity contribution is 6.18. The van der Waals surface area contributed by atoms with Crippen molar-refractivity contribution >= 4 is 35.5 Å². The van der Waals surface area contributed by atoms with Crippen LogP contribution in [0.4, 0.5) is 0 Å². The van der Waals surface area contributed by atoms with Gasteiger partial charge in [0, 0.05) is 34.9 Å². The predicted octanol–water partition coefficient (Wildman–Crippen LogP) is 8.43. The van der Waals surface area contributed by atoms with E-state index in [-0.39, 0.29) is 32.2 Å². The van der Waals surface area contributed by atoms with Gasteiger partial charge in [-0.3, -0.25) is 9.59 Å². The highest BCUT2D eigenvalue weighted by Crippen LogP contribution is 2.41. The molecule has 7 heterocycles. The largest absolute Gasteiger partial charge is 0.469 e. The number of nitrogens with zero attached hydrogens (tertiary/aromatic N) is 2. The first kappa shape index (κ1) is 43.0. The van der Waals surface area contributed by atoms with Crippen molar-refractivity contribution in [3.05, 3.63) is 122 Å². The Hall–Kier alpha value is -5.64. The lowest BCUT2D eigenvalue weighted by atomic mass is 9.96. The highest BCUT2D eigenvalue weighted by Gasteiger charge is 2.32. The molecule has 10 heteroatoms. The molecule has 3 aliphatic rings. The minimum atomic E-state index is -0.268. The molecule has 0 radical (unpaired) electrons. The van der Waals surface area contributed by atoms with Gasteiger partial charge in [-0.2, -0.15) is 0 Å². The summed E-state index contributed by atoms with van der Waals surface area (Å²) in [5.74, 6) is -0.535. The van der Waals surface area contributed by atoms with Gasteiger partial charge in [0.25, 0.3) is 0 Å². The van der Waals surface area contributed by atoms with Crippen molar-refractivity contribution in [1.29, 1.82) is 0 Å². The fraction of sp³-hybridized carbons (Fsp3) is 0.429. The monoisotopic (exact) mass is 798 g/mol. The molecule has 0 saturated heterocycles. The first-order valence-electron chi connectivity index (χ1n) is 20.8. The van der Waals surface area contributed by atoms with Gasteiger partial charge in [0.2, 0.25) is 0 Å². The number of carbonyl (C=O) groups is 2. The maximum atomic E-state index is 12.6. The molecular formula is C49H62N6O4. The Morgan fingerprint density at radius 1 is 0.542 bits per heavy atom. The van der Waals surface area contributed by atoms with Crippen molar-refractivity contribution in [2.24, 2.45) is 9.98 Å². The second-order valence-electron chi connectivity index (χ2n) is 15.7. The van der Waals surface area contributed by atoms with Crippen molar-refractivity contribution in [2.45, 2.75) is 128 Å². The van der Waals surface area contributed by atoms with Crippen molar-refractivity contribution in [3.8, 4) is 0 Å². The van der Waals surface area contributed by atoms with Gasteiger partial charge in [0.1, 0.15) is 0 Å². The molecule has 0 spiro atoms. The van der Waals surface area contributed by atoms with E-state index < -0.39 is 0 Å². The third kappa shape index (κ3) is 7.14. The standard InChI is InChI=1S/C48H58N6O4.CH4/c1-13-29-25(7)41-43-27(9)31(15-3)45(53-43)46-32(16-4)28(10)44(54-46)42-26(8)30(14-2)38(52-42)22-36-24(6)34(18-20-40(56)58-12)48(50-36)47-33(17-19-39(55)57-11)23(5)35(49-47)21-37(29)51-41;/h21-22,49-52H,13-20H2,1-12H3;1H4. The Labute approximate surface area is 348 Å². The molecule has 10 nitrogen and oxygen atoms in total. The third-order valence-electron chi connectivity index (χ3n) is 12.8. The Kier molecular flexibility index (Phi) is 12.3. The molecule has 3 aliphatic heterocycles. The van der Waals surface area contributed by atoms with Crippen LogP contribution in [0.3, 0.4) is 0 Å². The minimum Gasteiger partial charge on any atom is -0.469 e. The number of nitrogens with one attached hydrogen (secondary N) is 4. The zero-order valence-corrected chi connectivity index (χ0v) is 36.3. The molecule has 0 aromatic carbocycles. The van der Waals surface area contributed by atoms with Gasteiger partial charge in [-0.05, 0) is 159 Å². The summed E-state index contributed by atoms with van der Waals surface area (Å²) in [4.78, 5) is 51.4. The first-order valence-corrected chi connectivity index (χ1v) is 20.8. The molecule has 0 aliphatic carbocycles. The van der Waals surface area contributed by atoms with Crippen molar-refractivity contribution in [2.75, 3.05) is 14.2 Å². The summed E-state index contributed by atoms with van der Waals surface area (Å²) in [6, 6.07) is 0. The molecule has 0 saturated carbocycles. The number of allylic oxidation sites excluding steroid dienone is 4. The van der Waals surface area contributed by atoms with E-state index in [2.05, 4.69) is 101 Å². The molecule has 4 aromatic rings. The summed E-state index contributed by atoms with van der Waals surface area (Å²) >= 11 is 0. The molecule has 0 fully saturated rings. The fourth-order valence-electron chi connectivity index (χ4n) is 9.45. The number of aromatic nitrogens is 4. The number of aromatic amines is 4. The van der Waals surface area contributed by atoms with Crippen LogP contribution in [0.1, 0.15) is 142 Å². The van der Waals surface area contributed by atoms with E-state index in [0.29, 0.717) is 12.8 Å². The van der Waals surface area contributed by atoms with Crippen LogP contribution in [-0.4, -0.2) is 57.5 Å². The Morgan fingerprint density at radius 3 is 1.24 bits per heavy atom. The predicted molar refractivity (Wildman–Crippen MR) is 238 cm³/mol. The van der Waals surface area contributed by atoms with E-state index in [0.717, 1.165) is 115 Å². The quantitative estimate of drug-likeness (QED) is 0.120. The van der Waals surface area contributed by atoms with Crippen LogP contribution >= 0.6 is 0 Å². The SMILES string of the molecule is C.CCC1=C(C)C2=NC1=C1N=C(C(C)=C1CC)c1[nH]c(c(CC)c1C)C=c1[nH]c(c(CCC(=O)OC)c1C)=c1[nH]c(c(C)c1CCC(=O)OC)=Cc1[nH]c2c(C)c1CC. The van der Waals surface area contributed by atoms with Gasteiger partial charge < -0.3 is 29.4 Å². The number of H-pyrrole nitrogens is 4. The molecule has 0 unspecified atom stereocenters. The van der Waals surface area contributed by atoms with Crippen LogP contribution in [-0.2, 0) is 44.7 Å². The van der Waals surface area contributed by atoms with Gasteiger partial charge in [-0.15, -0.1) is 0 Å². The molecule has 0 amide bonds. The highest BCUT2D eigenvalue weighted by atomic mass is 16.5. The lowest BCUT2D eigenvalue weighted by Crippen LogP contribution is -2.07. The van der Waals surface area contributed by atoms with Crippen molar-refractivity contribution in [3.63, 3.8) is 0 Å². The maximum Gasteiger partial charge on any atom is 0.305 e. The maximum absolute atomic E-state index is 12.6. The van der Waals surface area contributed by atoms with Gasteiger partial charge >= 0.3 is 11.9 Å². The van der Waals surface area contributed by atoms with Gasteiger partial charge in [0.15, 0.2) is 0 Å². The number of hydrogen-bond donors (Lipinski definition) is 4. The molecule has 7 rings (SSSR count). The van der Waals surface area contributed by atoms with Gasteiger partial charge in [-0.25, -0.2) is 9.98 Å². The second-order valence-corrected chi connectivity index (χ2v) is 15.7. The number of aliphatic imine (C=N–C) groups is 2. The summed E-state index contributed by atoms with van der Waals surface area (Å²) in [7, 11) is 2.86. The number of fused-ring (bicyclic) bond motifs is 12. The topological polar surface area (TPSA) is 140 Å². The first-order chi connectivity index (χ1) is 27.8. The Balaban J connectivity index is 0.00000585. The zero-order valence-electron chi connectivity index (χ0n) is 36.3. The number of hydrogen-bond acceptors (Lipinski definition) is 6. The zero-order chi connectivity index (χ0) is 41.7. The Bertz CT molecular complexity index is 2600. The van der Waals surface area contributed by atoms with E-state index in [9.17, 15) is 9.59 Å². The molecule has 312 valence electrons. The van der Waals surface area contributed by atoms with Crippen LogP contribution in [0, 0.1) is 38.4 Å². The Morgan fingerprint density at radius 2 is 0.915 bits per heavy atom. The summed E-state index contributed by atoms with van der Waals surface area (Å²) in [5.41, 5.74) is 21.7. The van der Waals surface area contributed by atoms with Gasteiger partial charge in [-0.1, -0.05) is 35.1 Å². The normalized spacial score (nSPS) is 14.6. The summed E-state index contributed by atoms with van der Waals surface area (Å²) in [6.07, 6.45) is 9.17. The van der Waals surface area contributed by atoms with Crippen LogP contribution in [0.15, 0.2) is 43.7 Å². The van der Waals surface area contributed by atoms with Crippen LogP contribution in [0.5, 0.6) is 0 Å².